The Balaban J connectivity index is 1.67. The van der Waals surface area contributed by atoms with E-state index < -0.39 is 6.04 Å². The van der Waals surface area contributed by atoms with Gasteiger partial charge in [0.15, 0.2) is 0 Å². The number of amides is 2. The lowest BCUT2D eigenvalue weighted by atomic mass is 9.97. The second kappa shape index (κ2) is 7.48. The smallest absolute Gasteiger partial charge is 0.257 e. The van der Waals surface area contributed by atoms with Crippen LogP contribution in [0.4, 0.5) is 0 Å². The molecule has 1 saturated carbocycles. The van der Waals surface area contributed by atoms with Crippen molar-refractivity contribution in [3.05, 3.63) is 53.9 Å². The summed E-state index contributed by atoms with van der Waals surface area (Å²) in [5.41, 5.74) is 3.09. The van der Waals surface area contributed by atoms with Crippen LogP contribution < -0.4 is 10.6 Å². The molecular weight excluding hydrogens is 340 g/mol. The minimum atomic E-state index is -0.491. The summed E-state index contributed by atoms with van der Waals surface area (Å²) in [7, 11) is 0. The van der Waals surface area contributed by atoms with Crippen LogP contribution >= 0.6 is 0 Å². The van der Waals surface area contributed by atoms with E-state index in [4.69, 9.17) is 0 Å². The van der Waals surface area contributed by atoms with Crippen LogP contribution in [0.5, 0.6) is 0 Å². The van der Waals surface area contributed by atoms with Crippen molar-refractivity contribution < 1.29 is 9.59 Å². The molecule has 1 aliphatic heterocycles. The molecule has 4 rings (SSSR count). The molecule has 140 valence electrons. The molecule has 0 spiro atoms. The lowest BCUT2D eigenvalue weighted by molar-refractivity contribution is -0.126. The van der Waals surface area contributed by atoms with Crippen molar-refractivity contribution in [3.8, 4) is 11.1 Å². The fourth-order valence-corrected chi connectivity index (χ4v) is 3.54. The molecule has 2 aromatic rings. The van der Waals surface area contributed by atoms with E-state index in [2.05, 4.69) is 15.6 Å². The van der Waals surface area contributed by atoms with Crippen molar-refractivity contribution in [2.45, 2.75) is 31.8 Å². The van der Waals surface area contributed by atoms with Crippen molar-refractivity contribution in [3.63, 3.8) is 0 Å². The zero-order chi connectivity index (χ0) is 18.8. The maximum Gasteiger partial charge on any atom is 0.257 e. The zero-order valence-corrected chi connectivity index (χ0v) is 15.4. The topological polar surface area (TPSA) is 74.3 Å². The Morgan fingerprint density at radius 3 is 2.70 bits per heavy atom. The maximum absolute atomic E-state index is 13.5. The molecule has 1 aromatic carbocycles. The van der Waals surface area contributed by atoms with E-state index in [-0.39, 0.29) is 17.9 Å². The largest absolute Gasteiger partial charge is 0.352 e. The molecule has 0 radical (unpaired) electrons. The standard InChI is InChI=1S/C21H24N4O2/c1-14-19(17(9-10-23-14)15-5-3-2-4-6-15)21(27)25-12-11-22-13-18(25)20(26)24-16-7-8-16/h2-6,9-10,16,18,22H,7-8,11-13H2,1H3,(H,24,26). The van der Waals surface area contributed by atoms with Crippen LogP contribution in [0.25, 0.3) is 11.1 Å². The van der Waals surface area contributed by atoms with Crippen molar-refractivity contribution in [2.75, 3.05) is 19.6 Å². The SMILES string of the molecule is Cc1nccc(-c2ccccc2)c1C(=O)N1CCNCC1C(=O)NC1CC1. The van der Waals surface area contributed by atoms with Crippen LogP contribution in [0.1, 0.15) is 28.9 Å². The third-order valence-corrected chi connectivity index (χ3v) is 5.17. The molecule has 1 atom stereocenters. The predicted molar refractivity (Wildman–Crippen MR) is 103 cm³/mol. The van der Waals surface area contributed by atoms with Crippen LogP contribution in [-0.2, 0) is 4.79 Å². The Morgan fingerprint density at radius 2 is 1.96 bits per heavy atom. The first kappa shape index (κ1) is 17.7. The van der Waals surface area contributed by atoms with Crippen molar-refractivity contribution in [2.24, 2.45) is 0 Å². The first-order valence-electron chi connectivity index (χ1n) is 9.48. The molecule has 2 fully saturated rings. The second-order valence-electron chi connectivity index (χ2n) is 7.19. The minimum Gasteiger partial charge on any atom is -0.352 e. The maximum atomic E-state index is 13.5. The van der Waals surface area contributed by atoms with Gasteiger partial charge in [-0.15, -0.1) is 0 Å². The molecular formula is C21H24N4O2. The number of aryl methyl sites for hydroxylation is 1. The number of pyridine rings is 1. The second-order valence-corrected chi connectivity index (χ2v) is 7.19. The summed E-state index contributed by atoms with van der Waals surface area (Å²) in [6.45, 7) is 3.51. The summed E-state index contributed by atoms with van der Waals surface area (Å²) in [6.07, 6.45) is 3.78. The van der Waals surface area contributed by atoms with Gasteiger partial charge >= 0.3 is 0 Å². The average molecular weight is 364 g/mol. The summed E-state index contributed by atoms with van der Waals surface area (Å²) in [5, 5.41) is 6.27. The Kier molecular flexibility index (Phi) is 4.90. The predicted octanol–water partition coefficient (Wildman–Crippen LogP) is 1.75. The van der Waals surface area contributed by atoms with E-state index in [1.165, 1.54) is 0 Å². The van der Waals surface area contributed by atoms with E-state index in [0.717, 1.165) is 24.0 Å². The number of carbonyl (C=O) groups excluding carboxylic acids is 2. The van der Waals surface area contributed by atoms with Gasteiger partial charge in [-0.2, -0.15) is 0 Å². The number of benzene rings is 1. The van der Waals surface area contributed by atoms with Gasteiger partial charge < -0.3 is 15.5 Å². The summed E-state index contributed by atoms with van der Waals surface area (Å²) >= 11 is 0. The molecule has 27 heavy (non-hydrogen) atoms. The van der Waals surface area contributed by atoms with Gasteiger partial charge in [0.2, 0.25) is 5.91 Å². The Bertz CT molecular complexity index is 849. The number of nitrogens with one attached hydrogen (secondary N) is 2. The van der Waals surface area contributed by atoms with Crippen LogP contribution in [0.3, 0.4) is 0 Å². The molecule has 1 unspecified atom stereocenters. The molecule has 2 aliphatic rings. The number of rotatable bonds is 4. The van der Waals surface area contributed by atoms with Gasteiger partial charge in [0.25, 0.3) is 5.91 Å². The van der Waals surface area contributed by atoms with Gasteiger partial charge in [0.1, 0.15) is 6.04 Å². The van der Waals surface area contributed by atoms with Crippen LogP contribution in [0.15, 0.2) is 42.6 Å². The van der Waals surface area contributed by atoms with E-state index in [1.807, 2.05) is 43.3 Å². The van der Waals surface area contributed by atoms with Gasteiger partial charge in [0, 0.05) is 31.9 Å². The monoisotopic (exact) mass is 364 g/mol. The normalized spacial score (nSPS) is 19.6. The highest BCUT2D eigenvalue weighted by Gasteiger charge is 2.36. The van der Waals surface area contributed by atoms with Gasteiger partial charge in [0.05, 0.1) is 11.3 Å². The highest BCUT2D eigenvalue weighted by Crippen LogP contribution is 2.27. The van der Waals surface area contributed by atoms with Crippen LogP contribution in [-0.4, -0.2) is 53.4 Å². The van der Waals surface area contributed by atoms with Crippen molar-refractivity contribution in [1.82, 2.24) is 20.5 Å². The fraction of sp³-hybridized carbons (Fsp3) is 0.381. The summed E-state index contributed by atoms with van der Waals surface area (Å²) < 4.78 is 0. The summed E-state index contributed by atoms with van der Waals surface area (Å²) in [4.78, 5) is 32.2. The number of carbonyl (C=O) groups is 2. The quantitative estimate of drug-likeness (QED) is 0.867. The molecule has 1 aliphatic carbocycles. The number of hydrogen-bond donors (Lipinski definition) is 2. The Hall–Kier alpha value is -2.73. The Morgan fingerprint density at radius 1 is 1.19 bits per heavy atom. The van der Waals surface area contributed by atoms with Crippen molar-refractivity contribution >= 4 is 11.8 Å². The Labute approximate surface area is 159 Å². The van der Waals surface area contributed by atoms with Gasteiger partial charge in [-0.05, 0) is 37.0 Å². The highest BCUT2D eigenvalue weighted by atomic mass is 16.2. The van der Waals surface area contributed by atoms with E-state index in [0.29, 0.717) is 30.9 Å². The first-order chi connectivity index (χ1) is 13.1. The molecule has 2 N–H and O–H groups in total. The summed E-state index contributed by atoms with van der Waals surface area (Å²) in [5.74, 6) is -0.197. The molecule has 1 aromatic heterocycles. The number of hydrogen-bond acceptors (Lipinski definition) is 4. The van der Waals surface area contributed by atoms with Gasteiger partial charge in [-0.1, -0.05) is 30.3 Å². The van der Waals surface area contributed by atoms with Crippen LogP contribution in [0.2, 0.25) is 0 Å². The molecule has 6 nitrogen and oxygen atoms in total. The third-order valence-electron chi connectivity index (χ3n) is 5.17. The molecule has 0 bridgehead atoms. The van der Waals surface area contributed by atoms with Gasteiger partial charge in [-0.25, -0.2) is 0 Å². The number of piperazine rings is 1. The lowest BCUT2D eigenvalue weighted by Gasteiger charge is -2.35. The highest BCUT2D eigenvalue weighted by molar-refractivity contribution is 6.03. The molecule has 6 heteroatoms. The summed E-state index contributed by atoms with van der Waals surface area (Å²) in [6, 6.07) is 11.5. The van der Waals surface area contributed by atoms with E-state index in [1.54, 1.807) is 11.1 Å². The molecule has 2 amide bonds. The van der Waals surface area contributed by atoms with Crippen molar-refractivity contribution in [1.29, 1.82) is 0 Å². The molecule has 2 heterocycles. The van der Waals surface area contributed by atoms with Gasteiger partial charge in [-0.3, -0.25) is 14.6 Å². The van der Waals surface area contributed by atoms with E-state index in [9.17, 15) is 9.59 Å². The first-order valence-corrected chi connectivity index (χ1v) is 9.48. The third kappa shape index (κ3) is 3.71. The minimum absolute atomic E-state index is 0.0687. The number of aromatic nitrogens is 1. The molecule has 1 saturated heterocycles. The average Bonchev–Trinajstić information content (AvgIpc) is 3.52. The van der Waals surface area contributed by atoms with E-state index >= 15 is 0 Å². The van der Waals surface area contributed by atoms with Crippen LogP contribution in [0, 0.1) is 6.92 Å². The number of nitrogens with zero attached hydrogens (tertiary/aromatic N) is 2. The fourth-order valence-electron chi connectivity index (χ4n) is 3.54. The lowest BCUT2D eigenvalue weighted by Crippen LogP contribution is -2.60. The zero-order valence-electron chi connectivity index (χ0n) is 15.4.